The molecule has 4 heteroatoms. The van der Waals surface area contributed by atoms with Gasteiger partial charge in [0.2, 0.25) is 0 Å². The van der Waals surface area contributed by atoms with E-state index in [4.69, 9.17) is 9.84 Å². The van der Waals surface area contributed by atoms with E-state index in [0.717, 1.165) is 34.0 Å². The molecular weight excluding hydrogens is 230 g/mol. The Bertz CT molecular complexity index is 638. The Kier molecular flexibility index (Phi) is 3.10. The number of carbonyl (C=O) groups is 1. The molecule has 0 fully saturated rings. The first-order chi connectivity index (χ1) is 8.52. The van der Waals surface area contributed by atoms with Gasteiger partial charge in [0.05, 0.1) is 12.6 Å². The second-order valence-corrected chi connectivity index (χ2v) is 4.18. The number of carboxylic acids is 1. The van der Waals surface area contributed by atoms with Gasteiger partial charge >= 0.3 is 5.97 Å². The van der Waals surface area contributed by atoms with Gasteiger partial charge in [0, 0.05) is 24.2 Å². The minimum absolute atomic E-state index is 0.805. The lowest BCUT2D eigenvalue weighted by Crippen LogP contribution is -1.94. The van der Waals surface area contributed by atoms with Gasteiger partial charge in [-0.3, -0.25) is 0 Å². The van der Waals surface area contributed by atoms with Gasteiger partial charge in [0.15, 0.2) is 0 Å². The lowest BCUT2D eigenvalue weighted by Gasteiger charge is -2.05. The largest absolute Gasteiger partial charge is 0.497 e. The fraction of sp³-hybridized carbons (Fsp3) is 0.214. The van der Waals surface area contributed by atoms with E-state index in [2.05, 4.69) is 0 Å². The van der Waals surface area contributed by atoms with Crippen molar-refractivity contribution in [3.63, 3.8) is 0 Å². The summed E-state index contributed by atoms with van der Waals surface area (Å²) in [5.74, 6) is -0.145. The van der Waals surface area contributed by atoms with Gasteiger partial charge in [-0.1, -0.05) is 0 Å². The van der Waals surface area contributed by atoms with Crippen LogP contribution in [0.4, 0.5) is 0 Å². The Morgan fingerprint density at radius 3 is 2.72 bits per heavy atom. The number of carboxylic acid groups (broad SMARTS) is 1. The lowest BCUT2D eigenvalue weighted by atomic mass is 10.1. The van der Waals surface area contributed by atoms with Crippen LogP contribution in [0.25, 0.3) is 17.0 Å². The monoisotopic (exact) mass is 245 g/mol. The number of benzene rings is 1. The number of aryl methyl sites for hydroxylation is 2. The molecule has 4 nitrogen and oxygen atoms in total. The van der Waals surface area contributed by atoms with Crippen LogP contribution in [0, 0.1) is 6.92 Å². The first kappa shape index (κ1) is 12.2. The second-order valence-electron chi connectivity index (χ2n) is 4.18. The maximum absolute atomic E-state index is 10.6. The summed E-state index contributed by atoms with van der Waals surface area (Å²) in [4.78, 5) is 10.6. The molecule has 1 aromatic heterocycles. The van der Waals surface area contributed by atoms with E-state index in [-0.39, 0.29) is 0 Å². The minimum Gasteiger partial charge on any atom is -0.497 e. The third-order valence-corrected chi connectivity index (χ3v) is 2.96. The number of methoxy groups -OCH3 is 1. The quantitative estimate of drug-likeness (QED) is 0.845. The van der Waals surface area contributed by atoms with Crippen LogP contribution in [0.3, 0.4) is 0 Å². The molecule has 2 aromatic rings. The highest BCUT2D eigenvalue weighted by Crippen LogP contribution is 2.27. The highest BCUT2D eigenvalue weighted by atomic mass is 16.5. The van der Waals surface area contributed by atoms with Gasteiger partial charge in [-0.05, 0) is 36.8 Å². The van der Waals surface area contributed by atoms with Crippen molar-refractivity contribution < 1.29 is 14.6 Å². The van der Waals surface area contributed by atoms with Gasteiger partial charge in [-0.25, -0.2) is 4.79 Å². The molecule has 0 radical (unpaired) electrons. The van der Waals surface area contributed by atoms with E-state index in [9.17, 15) is 4.79 Å². The molecule has 18 heavy (non-hydrogen) atoms. The summed E-state index contributed by atoms with van der Waals surface area (Å²) in [6.07, 6.45) is 2.73. The Morgan fingerprint density at radius 1 is 1.39 bits per heavy atom. The van der Waals surface area contributed by atoms with Crippen molar-refractivity contribution in [2.45, 2.75) is 6.92 Å². The Labute approximate surface area is 105 Å². The number of fused-ring (bicyclic) bond motifs is 1. The lowest BCUT2D eigenvalue weighted by molar-refractivity contribution is -0.131. The summed E-state index contributed by atoms with van der Waals surface area (Å²) < 4.78 is 7.20. The van der Waals surface area contributed by atoms with Gasteiger partial charge in [0.1, 0.15) is 5.75 Å². The zero-order valence-electron chi connectivity index (χ0n) is 10.6. The highest BCUT2D eigenvalue weighted by molar-refractivity contribution is 5.90. The molecule has 0 unspecified atom stereocenters. The molecule has 0 atom stereocenters. The maximum Gasteiger partial charge on any atom is 0.328 e. The van der Waals surface area contributed by atoms with Gasteiger partial charge in [0.25, 0.3) is 0 Å². The Hall–Kier alpha value is -2.23. The van der Waals surface area contributed by atoms with Crippen LogP contribution in [0.15, 0.2) is 24.3 Å². The smallest absolute Gasteiger partial charge is 0.328 e. The van der Waals surface area contributed by atoms with Crippen LogP contribution < -0.4 is 4.74 Å². The summed E-state index contributed by atoms with van der Waals surface area (Å²) in [6, 6.07) is 5.86. The van der Waals surface area contributed by atoms with Crippen LogP contribution >= 0.6 is 0 Å². The molecule has 0 spiro atoms. The Balaban J connectivity index is 2.62. The molecular formula is C14H15NO3. The van der Waals surface area contributed by atoms with Crippen molar-refractivity contribution in [3.05, 3.63) is 35.5 Å². The number of hydrogen-bond donors (Lipinski definition) is 1. The fourth-order valence-electron chi connectivity index (χ4n) is 2.16. The first-order valence-corrected chi connectivity index (χ1v) is 5.58. The summed E-state index contributed by atoms with van der Waals surface area (Å²) >= 11 is 0. The summed E-state index contributed by atoms with van der Waals surface area (Å²) in [7, 11) is 3.55. The van der Waals surface area contributed by atoms with Crippen LogP contribution in [-0.2, 0) is 11.8 Å². The molecule has 1 heterocycles. The zero-order valence-corrected chi connectivity index (χ0v) is 10.6. The van der Waals surface area contributed by atoms with Crippen LogP contribution in [0.2, 0.25) is 0 Å². The van der Waals surface area contributed by atoms with E-state index in [1.165, 1.54) is 0 Å². The third-order valence-electron chi connectivity index (χ3n) is 2.96. The molecule has 0 saturated heterocycles. The minimum atomic E-state index is -0.949. The number of aliphatic carboxylic acids is 1. The van der Waals surface area contributed by atoms with E-state index in [1.807, 2.05) is 36.7 Å². The number of rotatable bonds is 3. The normalized spacial score (nSPS) is 11.3. The predicted octanol–water partition coefficient (Wildman–Crippen LogP) is 2.59. The van der Waals surface area contributed by atoms with Crippen molar-refractivity contribution in [3.8, 4) is 5.75 Å². The topological polar surface area (TPSA) is 51.5 Å². The van der Waals surface area contributed by atoms with Crippen molar-refractivity contribution in [2.75, 3.05) is 7.11 Å². The van der Waals surface area contributed by atoms with E-state index in [1.54, 1.807) is 13.2 Å². The standard InChI is InChI=1S/C14H15NO3/c1-9-6-12(18-3)8-10-7-11(4-5-13(16)17)15(2)14(9)10/h4-8H,1-3H3,(H,16,17)/b5-4+. The number of aromatic nitrogens is 1. The molecule has 94 valence electrons. The van der Waals surface area contributed by atoms with E-state index in [0.29, 0.717) is 0 Å². The second kappa shape index (κ2) is 4.56. The SMILES string of the molecule is COc1cc(C)c2c(c1)cc(/C=C/C(=O)O)n2C. The van der Waals surface area contributed by atoms with E-state index >= 15 is 0 Å². The molecule has 0 aliphatic rings. The molecule has 0 aliphatic carbocycles. The average molecular weight is 245 g/mol. The molecule has 0 amide bonds. The van der Waals surface area contributed by atoms with Crippen molar-refractivity contribution >= 4 is 22.9 Å². The van der Waals surface area contributed by atoms with Crippen molar-refractivity contribution in [1.29, 1.82) is 0 Å². The number of ether oxygens (including phenoxy) is 1. The fourth-order valence-corrected chi connectivity index (χ4v) is 2.16. The third kappa shape index (κ3) is 2.09. The molecule has 0 bridgehead atoms. The van der Waals surface area contributed by atoms with Crippen molar-refractivity contribution in [1.82, 2.24) is 4.57 Å². The summed E-state index contributed by atoms with van der Waals surface area (Å²) in [5.41, 5.74) is 3.03. The zero-order chi connectivity index (χ0) is 13.3. The Morgan fingerprint density at radius 2 is 2.11 bits per heavy atom. The van der Waals surface area contributed by atoms with Crippen LogP contribution in [0.5, 0.6) is 5.75 Å². The molecule has 2 rings (SSSR count). The number of hydrogen-bond acceptors (Lipinski definition) is 2. The molecule has 1 N–H and O–H groups in total. The predicted molar refractivity (Wildman–Crippen MR) is 70.9 cm³/mol. The molecule has 0 aliphatic heterocycles. The average Bonchev–Trinajstić information content (AvgIpc) is 2.63. The van der Waals surface area contributed by atoms with Crippen LogP contribution in [-0.4, -0.2) is 22.8 Å². The van der Waals surface area contributed by atoms with Gasteiger partial charge < -0.3 is 14.4 Å². The van der Waals surface area contributed by atoms with E-state index < -0.39 is 5.97 Å². The van der Waals surface area contributed by atoms with Gasteiger partial charge in [-0.2, -0.15) is 0 Å². The first-order valence-electron chi connectivity index (χ1n) is 5.58. The van der Waals surface area contributed by atoms with Crippen molar-refractivity contribution in [2.24, 2.45) is 7.05 Å². The number of nitrogens with zero attached hydrogens (tertiary/aromatic N) is 1. The summed E-state index contributed by atoms with van der Waals surface area (Å²) in [5, 5.41) is 9.70. The molecule has 0 saturated carbocycles. The highest BCUT2D eigenvalue weighted by Gasteiger charge is 2.08. The maximum atomic E-state index is 10.6. The van der Waals surface area contributed by atoms with Crippen LogP contribution in [0.1, 0.15) is 11.3 Å². The summed E-state index contributed by atoms with van der Waals surface area (Å²) in [6.45, 7) is 2.01. The van der Waals surface area contributed by atoms with Gasteiger partial charge in [-0.15, -0.1) is 0 Å². The molecule has 1 aromatic carbocycles.